The van der Waals surface area contributed by atoms with E-state index in [1.165, 1.54) is 0 Å². The first-order valence-electron chi connectivity index (χ1n) is 9.04. The summed E-state index contributed by atoms with van der Waals surface area (Å²) in [6.07, 6.45) is 2.08. The van der Waals surface area contributed by atoms with Gasteiger partial charge in [0, 0.05) is 22.8 Å². The van der Waals surface area contributed by atoms with Crippen molar-refractivity contribution >= 4 is 16.8 Å². The van der Waals surface area contributed by atoms with E-state index in [-0.39, 0.29) is 11.9 Å². The largest absolute Gasteiger partial charge is 0.358 e. The third kappa shape index (κ3) is 3.60. The number of aromatic nitrogens is 2. The van der Waals surface area contributed by atoms with Crippen molar-refractivity contribution in [3.8, 4) is 0 Å². The van der Waals surface area contributed by atoms with Crippen LogP contribution in [0, 0.1) is 6.92 Å². The molecular weight excluding hydrogens is 334 g/mol. The highest BCUT2D eigenvalue weighted by molar-refractivity contribution is 5.90. The van der Waals surface area contributed by atoms with Crippen LogP contribution in [0.5, 0.6) is 0 Å². The van der Waals surface area contributed by atoms with Crippen molar-refractivity contribution in [1.82, 2.24) is 15.3 Å². The van der Waals surface area contributed by atoms with E-state index in [2.05, 4.69) is 21.4 Å². The summed E-state index contributed by atoms with van der Waals surface area (Å²) in [5.74, 6) is -0.0256. The first-order valence-corrected chi connectivity index (χ1v) is 9.04. The molecule has 2 N–H and O–H groups in total. The molecule has 0 aliphatic carbocycles. The Bertz CT molecular complexity index is 1020. The van der Waals surface area contributed by atoms with Crippen LogP contribution in [0.3, 0.4) is 0 Å². The molecule has 4 rings (SSSR count). The van der Waals surface area contributed by atoms with E-state index >= 15 is 0 Å². The summed E-state index contributed by atoms with van der Waals surface area (Å²) in [5.41, 5.74) is 4.96. The van der Waals surface area contributed by atoms with Crippen molar-refractivity contribution in [1.29, 1.82) is 0 Å². The van der Waals surface area contributed by atoms with Gasteiger partial charge in [0.1, 0.15) is 0 Å². The Morgan fingerprint density at radius 1 is 1.00 bits per heavy atom. The lowest BCUT2D eigenvalue weighted by atomic mass is 10.0. The molecule has 27 heavy (non-hydrogen) atoms. The van der Waals surface area contributed by atoms with Crippen LogP contribution < -0.4 is 5.32 Å². The number of benzene rings is 2. The number of hydrogen-bond donors (Lipinski definition) is 2. The molecule has 0 saturated heterocycles. The topological polar surface area (TPSA) is 57.8 Å². The maximum Gasteiger partial charge on any atom is 0.225 e. The van der Waals surface area contributed by atoms with E-state index in [4.69, 9.17) is 0 Å². The monoisotopic (exact) mass is 355 g/mol. The van der Waals surface area contributed by atoms with E-state index < -0.39 is 0 Å². The molecule has 4 aromatic rings. The van der Waals surface area contributed by atoms with E-state index in [9.17, 15) is 4.79 Å². The number of fused-ring (bicyclic) bond motifs is 1. The number of carbonyl (C=O) groups excluding carboxylic acids is 1. The number of nitrogens with zero attached hydrogens (tertiary/aromatic N) is 1. The molecule has 0 saturated carbocycles. The SMILES string of the molecule is Cc1[nH]c2ccccc2c1CC(=O)NC(c1ccccc1)c1ccccn1. The number of H-pyrrole nitrogens is 1. The van der Waals surface area contributed by atoms with Gasteiger partial charge in [-0.3, -0.25) is 9.78 Å². The van der Waals surface area contributed by atoms with Gasteiger partial charge < -0.3 is 10.3 Å². The molecule has 134 valence electrons. The quantitative estimate of drug-likeness (QED) is 0.560. The number of pyridine rings is 1. The summed E-state index contributed by atoms with van der Waals surface area (Å²) in [6, 6.07) is 23.5. The molecule has 0 fully saturated rings. The van der Waals surface area contributed by atoms with Crippen LogP contribution in [0.25, 0.3) is 10.9 Å². The van der Waals surface area contributed by atoms with Crippen LogP contribution in [0.2, 0.25) is 0 Å². The van der Waals surface area contributed by atoms with Gasteiger partial charge in [0.25, 0.3) is 0 Å². The number of aryl methyl sites for hydroxylation is 1. The van der Waals surface area contributed by atoms with Gasteiger partial charge in [-0.1, -0.05) is 54.6 Å². The zero-order valence-corrected chi connectivity index (χ0v) is 15.1. The second-order valence-corrected chi connectivity index (χ2v) is 6.62. The van der Waals surface area contributed by atoms with E-state index in [1.54, 1.807) is 6.20 Å². The van der Waals surface area contributed by atoms with E-state index in [1.807, 2.05) is 73.7 Å². The van der Waals surface area contributed by atoms with Crippen molar-refractivity contribution in [2.75, 3.05) is 0 Å². The average molecular weight is 355 g/mol. The Morgan fingerprint density at radius 2 is 1.74 bits per heavy atom. The van der Waals surface area contributed by atoms with Crippen LogP contribution in [0.15, 0.2) is 79.0 Å². The van der Waals surface area contributed by atoms with Gasteiger partial charge in [-0.25, -0.2) is 0 Å². The first kappa shape index (κ1) is 17.0. The lowest BCUT2D eigenvalue weighted by Crippen LogP contribution is -2.31. The predicted octanol–water partition coefficient (Wildman–Crippen LogP) is 4.32. The minimum Gasteiger partial charge on any atom is -0.358 e. The van der Waals surface area contributed by atoms with Gasteiger partial charge >= 0.3 is 0 Å². The van der Waals surface area contributed by atoms with Gasteiger partial charge in [-0.2, -0.15) is 0 Å². The molecule has 2 aromatic heterocycles. The highest BCUT2D eigenvalue weighted by atomic mass is 16.1. The van der Waals surface area contributed by atoms with Crippen LogP contribution in [-0.4, -0.2) is 15.9 Å². The van der Waals surface area contributed by atoms with Crippen LogP contribution >= 0.6 is 0 Å². The minimum atomic E-state index is -0.273. The molecule has 1 atom stereocenters. The minimum absolute atomic E-state index is 0.0256. The summed E-state index contributed by atoms with van der Waals surface area (Å²) >= 11 is 0. The molecule has 2 aromatic carbocycles. The maximum absolute atomic E-state index is 12.9. The number of hydrogen-bond acceptors (Lipinski definition) is 2. The third-order valence-electron chi connectivity index (χ3n) is 4.79. The number of amides is 1. The second-order valence-electron chi connectivity index (χ2n) is 6.62. The summed E-state index contributed by atoms with van der Waals surface area (Å²) < 4.78 is 0. The highest BCUT2D eigenvalue weighted by Gasteiger charge is 2.19. The molecule has 0 radical (unpaired) electrons. The molecule has 2 heterocycles. The third-order valence-corrected chi connectivity index (χ3v) is 4.79. The smallest absolute Gasteiger partial charge is 0.225 e. The fourth-order valence-corrected chi connectivity index (χ4v) is 3.46. The van der Waals surface area contributed by atoms with Gasteiger partial charge in [-0.05, 0) is 36.2 Å². The fraction of sp³-hybridized carbons (Fsp3) is 0.130. The molecule has 1 unspecified atom stereocenters. The Morgan fingerprint density at radius 3 is 2.52 bits per heavy atom. The summed E-state index contributed by atoms with van der Waals surface area (Å²) in [4.78, 5) is 20.7. The Hall–Kier alpha value is -3.40. The maximum atomic E-state index is 12.9. The van der Waals surface area contributed by atoms with Crippen molar-refractivity contribution in [2.24, 2.45) is 0 Å². The number of rotatable bonds is 5. The summed E-state index contributed by atoms with van der Waals surface area (Å²) in [6.45, 7) is 2.01. The van der Waals surface area contributed by atoms with Gasteiger partial charge in [0.2, 0.25) is 5.91 Å². The van der Waals surface area contributed by atoms with Crippen LogP contribution in [0.4, 0.5) is 0 Å². The van der Waals surface area contributed by atoms with E-state index in [0.717, 1.165) is 33.4 Å². The molecule has 1 amide bonds. The van der Waals surface area contributed by atoms with Crippen LogP contribution in [0.1, 0.15) is 28.6 Å². The predicted molar refractivity (Wildman–Crippen MR) is 107 cm³/mol. The highest BCUT2D eigenvalue weighted by Crippen LogP contribution is 2.24. The van der Waals surface area contributed by atoms with Gasteiger partial charge in [-0.15, -0.1) is 0 Å². The van der Waals surface area contributed by atoms with Crippen molar-refractivity contribution in [2.45, 2.75) is 19.4 Å². The molecular formula is C23H21N3O. The van der Waals surface area contributed by atoms with Crippen molar-refractivity contribution < 1.29 is 4.79 Å². The standard InChI is InChI=1S/C23H21N3O/c1-16-19(18-11-5-6-12-20(18)25-16)15-22(27)26-23(17-9-3-2-4-10-17)21-13-7-8-14-24-21/h2-14,23,25H,15H2,1H3,(H,26,27). The number of nitrogens with one attached hydrogen (secondary N) is 2. The second kappa shape index (κ2) is 7.46. The average Bonchev–Trinajstić information content (AvgIpc) is 3.03. The molecule has 4 nitrogen and oxygen atoms in total. The Kier molecular flexibility index (Phi) is 4.71. The van der Waals surface area contributed by atoms with Crippen molar-refractivity contribution in [3.05, 3.63) is 102 Å². The van der Waals surface area contributed by atoms with Gasteiger partial charge in [0.15, 0.2) is 0 Å². The number of para-hydroxylation sites is 1. The Balaban J connectivity index is 1.61. The lowest BCUT2D eigenvalue weighted by Gasteiger charge is -2.19. The Labute approximate surface area is 158 Å². The first-order chi connectivity index (χ1) is 13.2. The van der Waals surface area contributed by atoms with E-state index in [0.29, 0.717) is 6.42 Å². The molecule has 4 heteroatoms. The fourth-order valence-electron chi connectivity index (χ4n) is 3.46. The normalized spacial score (nSPS) is 12.0. The summed E-state index contributed by atoms with van der Waals surface area (Å²) in [7, 11) is 0. The zero-order valence-electron chi connectivity index (χ0n) is 15.1. The molecule has 0 bridgehead atoms. The molecule has 0 aliphatic rings. The summed E-state index contributed by atoms with van der Waals surface area (Å²) in [5, 5.41) is 4.26. The number of aromatic amines is 1. The number of carbonyl (C=O) groups is 1. The van der Waals surface area contributed by atoms with Gasteiger partial charge in [0.05, 0.1) is 18.2 Å². The lowest BCUT2D eigenvalue weighted by molar-refractivity contribution is -0.120. The van der Waals surface area contributed by atoms with Crippen LogP contribution in [-0.2, 0) is 11.2 Å². The molecule has 0 spiro atoms. The zero-order chi connectivity index (χ0) is 18.6. The van der Waals surface area contributed by atoms with Crippen molar-refractivity contribution in [3.63, 3.8) is 0 Å². The molecule has 0 aliphatic heterocycles.